The smallest absolute Gasteiger partial charge is 0.305 e. The maximum atomic E-state index is 11.1. The third kappa shape index (κ3) is 7.14. The van der Waals surface area contributed by atoms with Gasteiger partial charge in [0.1, 0.15) is 5.75 Å². The van der Waals surface area contributed by atoms with Crippen molar-refractivity contribution in [3.8, 4) is 5.75 Å². The number of hydrogen-bond acceptors (Lipinski definition) is 4. The summed E-state index contributed by atoms with van der Waals surface area (Å²) < 4.78 is 10.5. The van der Waals surface area contributed by atoms with Gasteiger partial charge in [-0.3, -0.25) is 4.79 Å². The molecule has 0 saturated carbocycles. The Hall–Kier alpha value is -1.55. The van der Waals surface area contributed by atoms with E-state index in [9.17, 15) is 4.79 Å². The number of hydrogen-bond donors (Lipinski definition) is 1. The summed E-state index contributed by atoms with van der Waals surface area (Å²) in [6.45, 7) is 5.03. The van der Waals surface area contributed by atoms with Crippen molar-refractivity contribution in [3.05, 3.63) is 29.8 Å². The van der Waals surface area contributed by atoms with Crippen LogP contribution in [-0.4, -0.2) is 19.2 Å². The molecular weight excluding hydrogens is 266 g/mol. The lowest BCUT2D eigenvalue weighted by Crippen LogP contribution is -2.08. The molecule has 0 aliphatic rings. The first-order valence-corrected chi connectivity index (χ1v) is 7.81. The lowest BCUT2D eigenvalue weighted by atomic mass is 10.1. The molecule has 2 N–H and O–H groups in total. The Bertz CT molecular complexity index is 403. The van der Waals surface area contributed by atoms with E-state index in [0.717, 1.165) is 37.0 Å². The molecule has 4 heteroatoms. The third-order valence-corrected chi connectivity index (χ3v) is 3.35. The number of esters is 1. The summed E-state index contributed by atoms with van der Waals surface area (Å²) in [7, 11) is 0. The van der Waals surface area contributed by atoms with Crippen molar-refractivity contribution in [2.75, 3.05) is 13.2 Å². The van der Waals surface area contributed by atoms with Crippen LogP contribution in [0.5, 0.6) is 5.75 Å². The standard InChI is InChI=1S/C17H27NO3/c1-3-16(18)14-9-11-15(12-10-14)21-13-7-5-6-8-17(19)20-4-2/h9-12,16H,3-8,13,18H2,1-2H3/t16-/m1/s1. The Balaban J connectivity index is 2.14. The predicted octanol–water partition coefficient (Wildman–Crippen LogP) is 3.60. The number of unbranched alkanes of at least 4 members (excludes halogenated alkanes) is 2. The van der Waals surface area contributed by atoms with E-state index in [0.29, 0.717) is 19.6 Å². The molecule has 0 fully saturated rings. The molecule has 4 nitrogen and oxygen atoms in total. The second-order valence-corrected chi connectivity index (χ2v) is 5.05. The van der Waals surface area contributed by atoms with Gasteiger partial charge in [0.2, 0.25) is 0 Å². The number of nitrogens with two attached hydrogens (primary N) is 1. The van der Waals surface area contributed by atoms with E-state index < -0.39 is 0 Å². The minimum Gasteiger partial charge on any atom is -0.494 e. The molecule has 1 rings (SSSR count). The number of rotatable bonds is 10. The first-order chi connectivity index (χ1) is 10.2. The summed E-state index contributed by atoms with van der Waals surface area (Å²) in [5.41, 5.74) is 7.10. The van der Waals surface area contributed by atoms with Gasteiger partial charge in [0.05, 0.1) is 13.2 Å². The summed E-state index contributed by atoms with van der Waals surface area (Å²) in [5, 5.41) is 0. The normalized spacial score (nSPS) is 12.0. The summed E-state index contributed by atoms with van der Waals surface area (Å²) in [4.78, 5) is 11.1. The van der Waals surface area contributed by atoms with Crippen molar-refractivity contribution in [1.82, 2.24) is 0 Å². The van der Waals surface area contributed by atoms with Gasteiger partial charge in [0, 0.05) is 12.5 Å². The minimum absolute atomic E-state index is 0.0990. The summed E-state index contributed by atoms with van der Waals surface area (Å²) in [6, 6.07) is 8.06. The SMILES string of the molecule is CCOC(=O)CCCCCOc1ccc([C@H](N)CC)cc1. The lowest BCUT2D eigenvalue weighted by molar-refractivity contribution is -0.143. The van der Waals surface area contributed by atoms with Crippen LogP contribution < -0.4 is 10.5 Å². The molecule has 0 aliphatic carbocycles. The zero-order valence-electron chi connectivity index (χ0n) is 13.1. The highest BCUT2D eigenvalue weighted by atomic mass is 16.5. The van der Waals surface area contributed by atoms with Crippen LogP contribution in [0.15, 0.2) is 24.3 Å². The van der Waals surface area contributed by atoms with Gasteiger partial charge in [-0.05, 0) is 50.3 Å². The van der Waals surface area contributed by atoms with Gasteiger partial charge >= 0.3 is 5.97 Å². The van der Waals surface area contributed by atoms with Crippen LogP contribution in [-0.2, 0) is 9.53 Å². The van der Waals surface area contributed by atoms with Crippen molar-refractivity contribution >= 4 is 5.97 Å². The molecule has 0 saturated heterocycles. The quantitative estimate of drug-likeness (QED) is 0.529. The Labute approximate surface area is 127 Å². The number of carbonyl (C=O) groups is 1. The van der Waals surface area contributed by atoms with Gasteiger partial charge in [-0.15, -0.1) is 0 Å². The Morgan fingerprint density at radius 3 is 2.48 bits per heavy atom. The summed E-state index contributed by atoms with van der Waals surface area (Å²) in [6.07, 6.45) is 4.19. The van der Waals surface area contributed by atoms with Crippen LogP contribution >= 0.6 is 0 Å². The van der Waals surface area contributed by atoms with Gasteiger partial charge < -0.3 is 15.2 Å². The first-order valence-electron chi connectivity index (χ1n) is 7.81. The van der Waals surface area contributed by atoms with Crippen LogP contribution in [0.4, 0.5) is 0 Å². The molecule has 0 unspecified atom stereocenters. The first kappa shape index (κ1) is 17.5. The number of ether oxygens (including phenoxy) is 2. The fraction of sp³-hybridized carbons (Fsp3) is 0.588. The Kier molecular flexibility index (Phi) is 8.51. The molecule has 0 bridgehead atoms. The Morgan fingerprint density at radius 1 is 1.14 bits per heavy atom. The molecule has 0 heterocycles. The molecule has 1 atom stereocenters. The molecule has 21 heavy (non-hydrogen) atoms. The van der Waals surface area contributed by atoms with E-state index in [1.165, 1.54) is 0 Å². The topological polar surface area (TPSA) is 61.5 Å². The highest BCUT2D eigenvalue weighted by molar-refractivity contribution is 5.69. The van der Waals surface area contributed by atoms with Crippen molar-refractivity contribution < 1.29 is 14.3 Å². The number of carbonyl (C=O) groups excluding carboxylic acids is 1. The van der Waals surface area contributed by atoms with Crippen molar-refractivity contribution in [2.45, 2.75) is 52.0 Å². The largest absolute Gasteiger partial charge is 0.494 e. The molecule has 0 radical (unpaired) electrons. The molecule has 0 spiro atoms. The second-order valence-electron chi connectivity index (χ2n) is 5.05. The lowest BCUT2D eigenvalue weighted by Gasteiger charge is -2.10. The van der Waals surface area contributed by atoms with Crippen LogP contribution in [0.1, 0.15) is 57.6 Å². The highest BCUT2D eigenvalue weighted by Gasteiger charge is 2.03. The van der Waals surface area contributed by atoms with Crippen molar-refractivity contribution in [1.29, 1.82) is 0 Å². The van der Waals surface area contributed by atoms with E-state index in [4.69, 9.17) is 15.2 Å². The van der Waals surface area contributed by atoms with Crippen molar-refractivity contribution in [3.63, 3.8) is 0 Å². The molecule has 1 aromatic carbocycles. The van der Waals surface area contributed by atoms with Gasteiger partial charge in [0.25, 0.3) is 0 Å². The molecule has 118 valence electrons. The molecular formula is C17H27NO3. The Morgan fingerprint density at radius 2 is 1.86 bits per heavy atom. The van der Waals surface area contributed by atoms with Crippen LogP contribution in [0.3, 0.4) is 0 Å². The van der Waals surface area contributed by atoms with E-state index >= 15 is 0 Å². The van der Waals surface area contributed by atoms with Crippen LogP contribution in [0.25, 0.3) is 0 Å². The molecule has 1 aromatic rings. The zero-order valence-corrected chi connectivity index (χ0v) is 13.1. The zero-order chi connectivity index (χ0) is 15.5. The van der Waals surface area contributed by atoms with E-state index in [-0.39, 0.29) is 12.0 Å². The molecule has 0 aliphatic heterocycles. The van der Waals surface area contributed by atoms with Gasteiger partial charge in [0.15, 0.2) is 0 Å². The second kappa shape index (κ2) is 10.2. The maximum absolute atomic E-state index is 11.1. The third-order valence-electron chi connectivity index (χ3n) is 3.35. The fourth-order valence-corrected chi connectivity index (χ4v) is 2.02. The van der Waals surface area contributed by atoms with E-state index in [1.807, 2.05) is 31.2 Å². The van der Waals surface area contributed by atoms with Gasteiger partial charge in [-0.25, -0.2) is 0 Å². The summed E-state index contributed by atoms with van der Waals surface area (Å²) >= 11 is 0. The van der Waals surface area contributed by atoms with Crippen LogP contribution in [0.2, 0.25) is 0 Å². The highest BCUT2D eigenvalue weighted by Crippen LogP contribution is 2.18. The average molecular weight is 293 g/mol. The van der Waals surface area contributed by atoms with Gasteiger partial charge in [-0.1, -0.05) is 19.1 Å². The molecule has 0 aromatic heterocycles. The maximum Gasteiger partial charge on any atom is 0.305 e. The number of benzene rings is 1. The van der Waals surface area contributed by atoms with Crippen LogP contribution in [0, 0.1) is 0 Å². The minimum atomic E-state index is -0.110. The fourth-order valence-electron chi connectivity index (χ4n) is 2.02. The van der Waals surface area contributed by atoms with Gasteiger partial charge in [-0.2, -0.15) is 0 Å². The predicted molar refractivity (Wildman–Crippen MR) is 84.3 cm³/mol. The average Bonchev–Trinajstić information content (AvgIpc) is 2.51. The van der Waals surface area contributed by atoms with E-state index in [2.05, 4.69) is 6.92 Å². The summed E-state index contributed by atoms with van der Waals surface area (Å²) in [5.74, 6) is 0.758. The monoisotopic (exact) mass is 293 g/mol. The van der Waals surface area contributed by atoms with Crippen molar-refractivity contribution in [2.24, 2.45) is 5.73 Å². The molecule has 0 amide bonds. The van der Waals surface area contributed by atoms with E-state index in [1.54, 1.807) is 0 Å².